The molecule has 25 heteroatoms. The van der Waals surface area contributed by atoms with Crippen molar-refractivity contribution < 1.29 is 80.1 Å². The molecule has 0 unspecified atom stereocenters. The summed E-state index contributed by atoms with van der Waals surface area (Å²) in [6, 6.07) is 71.8. The van der Waals surface area contributed by atoms with Crippen molar-refractivity contribution >= 4 is 146 Å². The zero-order chi connectivity index (χ0) is 72.4. The van der Waals surface area contributed by atoms with E-state index in [4.69, 9.17) is 74.3 Å². The zero-order valence-corrected chi connectivity index (χ0v) is 55.4. The maximum Gasteiger partial charge on any atom is 0.485 e. The molecule has 3 heterocycles. The molecule has 3 aromatic heterocycles. The highest BCUT2D eigenvalue weighted by Crippen LogP contribution is 2.31. The van der Waals surface area contributed by atoms with Gasteiger partial charge in [0.05, 0.1) is 54.9 Å². The van der Waals surface area contributed by atoms with E-state index in [0.29, 0.717) is 61.4 Å². The minimum Gasteiger partial charge on any atom is -0.741 e. The highest BCUT2D eigenvalue weighted by molar-refractivity contribution is 8.21. The summed E-state index contributed by atoms with van der Waals surface area (Å²) in [6.07, 6.45) is 0. The van der Waals surface area contributed by atoms with Crippen LogP contribution < -0.4 is 14.0 Å². The first-order chi connectivity index (χ1) is 47.1. The molecular formula is C72H60BCl3F3N3O13S2. The lowest BCUT2D eigenvalue weighted by atomic mass is 10.0. The molecular weight excluding hydrogens is 1350 g/mol. The number of hydrogen-bond acceptors (Lipinski definition) is 15. The topological polar surface area (TPSA) is 258 Å². The van der Waals surface area contributed by atoms with E-state index in [1.54, 1.807) is 48.5 Å². The SMILES string of the molecule is C[n+]1c2ccccc2c(C(=O)Oc2ccc(O)cc2)c2ccccc21.Cc1ccc(O)cc1.Cc1ccc(OC(=O)c2c3ccccc3nc3ccccc23)cc1.ClCCl.O=C(O)c1c2ccccc2nc2ccccc12.O=S(=O)([O-])C(F)(F)F.Oc1ccc(O)cc1.[2H]B([3H])CSCl. The summed E-state index contributed by atoms with van der Waals surface area (Å²) in [7, 11) is 1.20. The molecule has 13 rings (SSSR count). The number of ether oxygens (including phenoxy) is 2. The number of benzene rings is 10. The van der Waals surface area contributed by atoms with Gasteiger partial charge >= 0.3 is 23.4 Å². The minimum atomic E-state index is -6.09. The highest BCUT2D eigenvalue weighted by atomic mass is 35.7. The number of hydrogen-bond donors (Lipinski definition) is 5. The third-order valence-corrected chi connectivity index (χ3v) is 14.4. The number of rotatable bonds is 7. The van der Waals surface area contributed by atoms with Gasteiger partial charge in [-0.25, -0.2) is 32.8 Å². The van der Waals surface area contributed by atoms with Gasteiger partial charge in [-0.05, 0) is 142 Å². The Labute approximate surface area is 577 Å². The number of para-hydroxylation sites is 6. The molecule has 0 saturated heterocycles. The molecule has 16 nitrogen and oxygen atoms in total. The summed E-state index contributed by atoms with van der Waals surface area (Å²) >= 11 is 9.53. The van der Waals surface area contributed by atoms with Crippen molar-refractivity contribution in [2.24, 2.45) is 7.05 Å². The number of carboxylic acid groups (broad SMARTS) is 1. The lowest BCUT2D eigenvalue weighted by Gasteiger charge is -2.10. The fourth-order valence-electron chi connectivity index (χ4n) is 9.01. The summed E-state index contributed by atoms with van der Waals surface area (Å²) in [5, 5.41) is 49.6. The molecule has 0 saturated carbocycles. The Morgan fingerprint density at radius 2 is 0.784 bits per heavy atom. The molecule has 0 aliphatic rings. The van der Waals surface area contributed by atoms with Crippen LogP contribution in [0, 0.1) is 13.8 Å². The number of aryl methyl sites for hydroxylation is 3. The number of esters is 2. The van der Waals surface area contributed by atoms with E-state index in [0.717, 1.165) is 60.2 Å². The average Bonchev–Trinajstić information content (AvgIpc) is 0.766. The molecule has 0 spiro atoms. The Kier molecular flexibility index (Phi) is 27.4. The Morgan fingerprint density at radius 3 is 1.07 bits per heavy atom. The first kappa shape index (κ1) is 72.6. The smallest absolute Gasteiger partial charge is 0.485 e. The quantitative estimate of drug-likeness (QED) is 0.0114. The van der Waals surface area contributed by atoms with E-state index in [1.165, 1.54) is 42.0 Å². The van der Waals surface area contributed by atoms with Gasteiger partial charge in [-0.1, -0.05) is 143 Å². The number of phenols is 4. The second kappa shape index (κ2) is 36.6. The van der Waals surface area contributed by atoms with Gasteiger partial charge in [0.1, 0.15) is 49.3 Å². The van der Waals surface area contributed by atoms with Crippen molar-refractivity contribution in [2.75, 3.05) is 11.0 Å². The second-order valence-electron chi connectivity index (χ2n) is 20.0. The molecule has 498 valence electrons. The first-order valence-electron chi connectivity index (χ1n) is 29.6. The van der Waals surface area contributed by atoms with Gasteiger partial charge < -0.3 is 39.6 Å². The van der Waals surface area contributed by atoms with Gasteiger partial charge in [0.2, 0.25) is 11.0 Å². The fourth-order valence-corrected chi connectivity index (χ4v) is 9.01. The summed E-state index contributed by atoms with van der Waals surface area (Å²) in [6.45, 7) is 3.98. The number of halogens is 6. The number of carbonyl (C=O) groups is 3. The maximum atomic E-state index is 12.9. The number of aromatic nitrogens is 3. The van der Waals surface area contributed by atoms with Crippen LogP contribution in [0.3, 0.4) is 0 Å². The molecule has 97 heavy (non-hydrogen) atoms. The number of nitrogens with zero attached hydrogens (tertiary/aromatic N) is 3. The van der Waals surface area contributed by atoms with Crippen LogP contribution >= 0.6 is 44.9 Å². The monoisotopic (exact) mass is 1410 g/mol. The van der Waals surface area contributed by atoms with Crippen molar-refractivity contribution in [1.82, 2.24) is 9.97 Å². The molecule has 5 N–H and O–H groups in total. The van der Waals surface area contributed by atoms with Crippen LogP contribution in [0.2, 0.25) is 0 Å². The van der Waals surface area contributed by atoms with Crippen molar-refractivity contribution in [2.45, 2.75) is 19.4 Å². The third kappa shape index (κ3) is 21.9. The van der Waals surface area contributed by atoms with Crippen LogP contribution in [0.1, 0.15) is 42.2 Å². The van der Waals surface area contributed by atoms with Gasteiger partial charge in [-0.15, -0.1) is 23.2 Å². The number of fused-ring (bicyclic) bond motifs is 6. The van der Waals surface area contributed by atoms with Crippen LogP contribution in [0.5, 0.6) is 34.5 Å². The molecule has 0 aliphatic heterocycles. The first-order valence-corrected chi connectivity index (χ1v) is 32.8. The number of alkyl halides is 5. The zero-order valence-electron chi connectivity index (χ0n) is 53.5. The van der Waals surface area contributed by atoms with Gasteiger partial charge in [-0.3, -0.25) is 0 Å². The fraction of sp³-hybridized carbons (Fsp3) is 0.0833. The molecule has 0 aliphatic carbocycles. The number of pyridine rings is 3. The Bertz CT molecular complexity index is 4740. The van der Waals surface area contributed by atoms with Crippen molar-refractivity contribution in [1.29, 1.82) is 2.67 Å². The average molecular weight is 1420 g/mol. The van der Waals surface area contributed by atoms with Gasteiger partial charge in [0, 0.05) is 33.7 Å². The Morgan fingerprint density at radius 1 is 0.526 bits per heavy atom. The Hall–Kier alpha value is -10.2. The van der Waals surface area contributed by atoms with E-state index in [9.17, 15) is 37.8 Å². The second-order valence-corrected chi connectivity index (χ2v) is 23.4. The molecule has 0 fully saturated rings. The maximum absolute atomic E-state index is 12.9. The number of aromatic carboxylic acids is 1. The number of aromatic hydroxyl groups is 4. The lowest BCUT2D eigenvalue weighted by Crippen LogP contribution is -2.31. The molecule has 0 bridgehead atoms. The van der Waals surface area contributed by atoms with Crippen LogP contribution in [0.4, 0.5) is 13.2 Å². The predicted molar refractivity (Wildman–Crippen MR) is 379 cm³/mol. The van der Waals surface area contributed by atoms with Crippen LogP contribution in [0.25, 0.3) is 65.4 Å². The Balaban J connectivity index is 0.000000193. The van der Waals surface area contributed by atoms with Crippen molar-refractivity contribution in [3.8, 4) is 34.5 Å². The van der Waals surface area contributed by atoms with Gasteiger partial charge in [0.25, 0.3) is 0 Å². The van der Waals surface area contributed by atoms with Crippen LogP contribution in [-0.2, 0) is 17.2 Å². The van der Waals surface area contributed by atoms with Crippen molar-refractivity contribution in [3.05, 3.63) is 270 Å². The van der Waals surface area contributed by atoms with E-state index in [2.05, 4.69) is 14.5 Å². The molecule has 0 atom stereocenters. The number of phenolic OH excluding ortho intramolecular Hbond substituents is 4. The largest absolute Gasteiger partial charge is 0.741 e. The van der Waals surface area contributed by atoms with E-state index in [-0.39, 0.29) is 28.6 Å². The molecule has 0 amide bonds. The van der Waals surface area contributed by atoms with E-state index < -0.39 is 35.3 Å². The summed E-state index contributed by atoms with van der Waals surface area (Å²) in [5.74, 6) is 0.0237. The number of carboxylic acids is 1. The third-order valence-electron chi connectivity index (χ3n) is 13.4. The van der Waals surface area contributed by atoms with Gasteiger partial charge in [-0.2, -0.15) is 17.7 Å². The number of carbonyl (C=O) groups excluding carboxylic acids is 2. The summed E-state index contributed by atoms with van der Waals surface area (Å²) in [5.41, 5.74) is 3.36. The highest BCUT2D eigenvalue weighted by Gasteiger charge is 2.37. The van der Waals surface area contributed by atoms with Crippen molar-refractivity contribution in [3.63, 3.8) is 0 Å². The van der Waals surface area contributed by atoms with E-state index >= 15 is 0 Å². The molecule has 10 aromatic carbocycles. The lowest BCUT2D eigenvalue weighted by molar-refractivity contribution is -0.617. The predicted octanol–water partition coefficient (Wildman–Crippen LogP) is 16.5. The summed E-state index contributed by atoms with van der Waals surface area (Å²) in [4.78, 5) is 46.3. The van der Waals surface area contributed by atoms with E-state index in [1.807, 2.05) is 179 Å². The van der Waals surface area contributed by atoms with Crippen LogP contribution in [-0.4, -0.2) is 93.3 Å². The standard InChI is InChI=1S/C21H15NO3.C21H15NO2.C14H9NO2.C7H8O.C6H6O2.CH4BClS.CH2Cl2.CHF3O3S/c1-22-18-8-4-2-6-16(18)20(17-7-3-5-9-19(17)22)21(24)25-15-12-10-14(23)11-13-15;1-14-10-12-15(13-11-14)24-21(23)20-16-6-2-4-8-18(16)22-19-9-5-3-7-17(19)20;16-14(17)13-9-5-1-3-7-11(9)15-12-8-4-2-6-10(12)13;1-6-2-4-7(8)5-3-6;7-5-1-2-6(8)4-3-5;2-1-4-3;2-1-3;2-1(3,4)8(5,6)7/h2-13H,1H3;2-13H,1H3;1-8H,(H,16,17);2-5,8H,1H3;1-4,7-8H;1-2H2;1H2;(H,5,6,7)/i;;;;;2TD;;. The minimum absolute atomic E-state index is 0.127. The molecule has 0 radical (unpaired) electrons. The normalized spacial score (nSPS) is 10.8. The molecule has 13 aromatic rings. The van der Waals surface area contributed by atoms with Crippen LogP contribution in [0.15, 0.2) is 243 Å². The summed E-state index contributed by atoms with van der Waals surface area (Å²) < 4.78 is 85.2. The van der Waals surface area contributed by atoms with Gasteiger partial charge in [0.15, 0.2) is 10.1 Å².